The highest BCUT2D eigenvalue weighted by Gasteiger charge is 2.27. The van der Waals surface area contributed by atoms with Gasteiger partial charge in [-0.25, -0.2) is 4.79 Å². The molecule has 2 aliphatic rings. The number of furan rings is 1. The second-order valence-electron chi connectivity index (χ2n) is 9.10. The van der Waals surface area contributed by atoms with Gasteiger partial charge in [0, 0.05) is 36.0 Å². The van der Waals surface area contributed by atoms with E-state index in [1.54, 1.807) is 6.26 Å². The summed E-state index contributed by atoms with van der Waals surface area (Å²) in [7, 11) is 2.14. The Morgan fingerprint density at radius 1 is 1.16 bits per heavy atom. The molecular weight excluding hydrogens is 424 g/mol. The Morgan fingerprint density at radius 2 is 2.00 bits per heavy atom. The van der Waals surface area contributed by atoms with Gasteiger partial charge in [-0.1, -0.05) is 49.1 Å². The molecule has 0 spiro atoms. The van der Waals surface area contributed by atoms with Crippen molar-refractivity contribution in [3.63, 3.8) is 0 Å². The van der Waals surface area contributed by atoms with Crippen LogP contribution in [0.25, 0.3) is 11.0 Å². The number of hydrogen-bond acceptors (Lipinski definition) is 4. The highest BCUT2D eigenvalue weighted by atomic mass is 35.5. The molecule has 2 heterocycles. The molecule has 0 radical (unpaired) electrons. The van der Waals surface area contributed by atoms with E-state index in [0.717, 1.165) is 67.3 Å². The maximum absolute atomic E-state index is 12.6. The van der Waals surface area contributed by atoms with Gasteiger partial charge in [0.1, 0.15) is 5.58 Å². The molecule has 1 atom stereocenters. The van der Waals surface area contributed by atoms with Crippen molar-refractivity contribution in [1.29, 1.82) is 0 Å². The van der Waals surface area contributed by atoms with Crippen LogP contribution in [0, 0.1) is 0 Å². The van der Waals surface area contributed by atoms with Gasteiger partial charge < -0.3 is 19.4 Å². The van der Waals surface area contributed by atoms with Crippen LogP contribution in [0.15, 0.2) is 47.1 Å². The van der Waals surface area contributed by atoms with E-state index in [-0.39, 0.29) is 12.0 Å². The summed E-state index contributed by atoms with van der Waals surface area (Å²) in [5, 5.41) is 4.58. The van der Waals surface area contributed by atoms with E-state index in [2.05, 4.69) is 35.5 Å². The molecule has 1 fully saturated rings. The number of hydrogen-bond donors (Lipinski definition) is 1. The van der Waals surface area contributed by atoms with Crippen LogP contribution in [-0.4, -0.2) is 37.2 Å². The van der Waals surface area contributed by atoms with Gasteiger partial charge in [0.2, 0.25) is 0 Å². The molecule has 1 aliphatic heterocycles. The lowest BCUT2D eigenvalue weighted by atomic mass is 9.87. The minimum absolute atomic E-state index is 0.0911. The molecule has 168 valence electrons. The summed E-state index contributed by atoms with van der Waals surface area (Å²) >= 11 is 6.57. The van der Waals surface area contributed by atoms with Crippen LogP contribution >= 0.6 is 11.6 Å². The Hall–Kier alpha value is -2.50. The van der Waals surface area contributed by atoms with Crippen molar-refractivity contribution in [2.24, 2.45) is 0 Å². The molecule has 0 saturated heterocycles. The molecule has 0 bridgehead atoms. The number of halogens is 1. The lowest BCUT2D eigenvalue weighted by molar-refractivity contribution is 0.192. The number of ether oxygens (including phenoxy) is 1. The molecule has 1 aromatic heterocycles. The Labute approximate surface area is 193 Å². The lowest BCUT2D eigenvalue weighted by Crippen LogP contribution is -2.38. The summed E-state index contributed by atoms with van der Waals surface area (Å²) in [6.45, 7) is 1.79. The Bertz CT molecular complexity index is 1120. The first-order valence-electron chi connectivity index (χ1n) is 11.5. The topological polar surface area (TPSA) is 54.7 Å². The Kier molecular flexibility index (Phi) is 6.11. The van der Waals surface area contributed by atoms with Gasteiger partial charge in [0.05, 0.1) is 11.3 Å². The van der Waals surface area contributed by atoms with E-state index in [1.165, 1.54) is 12.0 Å². The maximum atomic E-state index is 12.6. The number of fused-ring (bicyclic) bond motifs is 2. The van der Waals surface area contributed by atoms with Gasteiger partial charge in [-0.05, 0) is 55.6 Å². The van der Waals surface area contributed by atoms with Crippen molar-refractivity contribution < 1.29 is 13.9 Å². The smallest absolute Gasteiger partial charge is 0.412 e. The summed E-state index contributed by atoms with van der Waals surface area (Å²) in [4.78, 5) is 14.9. The first-order valence-corrected chi connectivity index (χ1v) is 11.9. The third-order valence-electron chi connectivity index (χ3n) is 6.84. The van der Waals surface area contributed by atoms with Crippen LogP contribution < -0.4 is 10.1 Å². The van der Waals surface area contributed by atoms with Gasteiger partial charge in [-0.15, -0.1) is 0 Å². The molecule has 1 saturated carbocycles. The molecule has 6 heteroatoms. The molecule has 1 aliphatic carbocycles. The fourth-order valence-corrected chi connectivity index (χ4v) is 5.37. The van der Waals surface area contributed by atoms with E-state index < -0.39 is 6.09 Å². The number of carbonyl (C=O) groups excluding carboxylic acids is 1. The number of nitrogens with one attached hydrogen (secondary N) is 1. The summed E-state index contributed by atoms with van der Waals surface area (Å²) in [6, 6.07) is 12.4. The highest BCUT2D eigenvalue weighted by Crippen LogP contribution is 2.39. The number of nitrogens with zero attached hydrogens (tertiary/aromatic N) is 1. The van der Waals surface area contributed by atoms with Crippen LogP contribution in [0.1, 0.15) is 54.7 Å². The Balaban J connectivity index is 1.48. The number of para-hydroxylation sites is 1. The van der Waals surface area contributed by atoms with Crippen molar-refractivity contribution in [1.82, 2.24) is 10.2 Å². The SMILES string of the molecule is CN1CCc2cc(Cl)c(OC(=O)NC3CCCCC3)cc2C(c2cccc3ccoc23)C1. The van der Waals surface area contributed by atoms with Crippen molar-refractivity contribution in [3.8, 4) is 5.75 Å². The number of amides is 1. The van der Waals surface area contributed by atoms with E-state index in [1.807, 2.05) is 18.2 Å². The van der Waals surface area contributed by atoms with Crippen molar-refractivity contribution in [3.05, 3.63) is 64.4 Å². The van der Waals surface area contributed by atoms with Gasteiger partial charge >= 0.3 is 6.09 Å². The molecular formula is C26H29ClN2O3. The van der Waals surface area contributed by atoms with E-state index in [4.69, 9.17) is 20.8 Å². The summed E-state index contributed by atoms with van der Waals surface area (Å²) in [5.74, 6) is 0.508. The van der Waals surface area contributed by atoms with Crippen LogP contribution in [0.4, 0.5) is 4.79 Å². The third-order valence-corrected chi connectivity index (χ3v) is 7.14. The third kappa shape index (κ3) is 4.37. The second kappa shape index (κ2) is 9.16. The number of carbonyl (C=O) groups is 1. The van der Waals surface area contributed by atoms with E-state index in [9.17, 15) is 4.79 Å². The average molecular weight is 453 g/mol. The first kappa shape index (κ1) is 21.4. The van der Waals surface area contributed by atoms with E-state index in [0.29, 0.717) is 10.8 Å². The molecule has 5 rings (SSSR count). The first-order chi connectivity index (χ1) is 15.6. The lowest BCUT2D eigenvalue weighted by Gasteiger charge is -2.24. The summed E-state index contributed by atoms with van der Waals surface area (Å²) in [6.07, 6.45) is 7.77. The fourth-order valence-electron chi connectivity index (χ4n) is 5.14. The number of benzene rings is 2. The average Bonchev–Trinajstić information content (AvgIpc) is 3.21. The number of likely N-dealkylation sites (N-methyl/N-ethyl adjacent to an activating group) is 1. The maximum Gasteiger partial charge on any atom is 0.412 e. The summed E-state index contributed by atoms with van der Waals surface area (Å²) in [5.41, 5.74) is 4.38. The standard InChI is InChI=1S/C26H29ClN2O3/c1-29-12-10-18-14-23(27)24(32-26(30)28-19-7-3-2-4-8-19)15-21(18)22(16-29)20-9-5-6-17-11-13-31-25(17)20/h5-6,9,11,13-15,19,22H,2-4,7-8,10,12,16H2,1H3,(H,28,30). The predicted molar refractivity (Wildman–Crippen MR) is 127 cm³/mol. The zero-order valence-corrected chi connectivity index (χ0v) is 19.2. The largest absolute Gasteiger partial charge is 0.464 e. The fraction of sp³-hybridized carbons (Fsp3) is 0.423. The zero-order valence-electron chi connectivity index (χ0n) is 18.4. The van der Waals surface area contributed by atoms with Crippen molar-refractivity contribution in [2.45, 2.75) is 50.5 Å². The van der Waals surface area contributed by atoms with Crippen molar-refractivity contribution >= 4 is 28.7 Å². The van der Waals surface area contributed by atoms with Crippen LogP contribution in [0.3, 0.4) is 0 Å². The Morgan fingerprint density at radius 3 is 2.84 bits per heavy atom. The molecule has 1 N–H and O–H groups in total. The minimum Gasteiger partial charge on any atom is -0.464 e. The summed E-state index contributed by atoms with van der Waals surface area (Å²) < 4.78 is 11.6. The van der Waals surface area contributed by atoms with Gasteiger partial charge in [-0.3, -0.25) is 0 Å². The molecule has 32 heavy (non-hydrogen) atoms. The highest BCUT2D eigenvalue weighted by molar-refractivity contribution is 6.32. The van der Waals surface area contributed by atoms with Crippen molar-refractivity contribution in [2.75, 3.05) is 20.1 Å². The van der Waals surface area contributed by atoms with Gasteiger partial charge in [-0.2, -0.15) is 0 Å². The van der Waals surface area contributed by atoms with Gasteiger partial charge in [0.25, 0.3) is 0 Å². The normalized spacial score (nSPS) is 20.0. The van der Waals surface area contributed by atoms with Crippen LogP contribution in [0.2, 0.25) is 5.02 Å². The molecule has 2 aromatic carbocycles. The molecule has 3 aromatic rings. The number of rotatable bonds is 3. The van der Waals surface area contributed by atoms with Gasteiger partial charge in [0.15, 0.2) is 5.75 Å². The van der Waals surface area contributed by atoms with Crippen LogP contribution in [-0.2, 0) is 6.42 Å². The molecule has 1 unspecified atom stereocenters. The predicted octanol–water partition coefficient (Wildman–Crippen LogP) is 6.13. The minimum atomic E-state index is -0.422. The second-order valence-corrected chi connectivity index (χ2v) is 9.51. The molecule has 1 amide bonds. The van der Waals surface area contributed by atoms with Crippen LogP contribution in [0.5, 0.6) is 5.75 Å². The molecule has 5 nitrogen and oxygen atoms in total. The quantitative estimate of drug-likeness (QED) is 0.519. The van der Waals surface area contributed by atoms with E-state index >= 15 is 0 Å². The monoisotopic (exact) mass is 452 g/mol. The zero-order chi connectivity index (χ0) is 22.1.